The molecule has 0 bridgehead atoms. The number of hydrogen-bond donors (Lipinski definition) is 1. The SMILES string of the molecule is Cc1cc(C(=O)CN2CCCNC(=O)C2)c(C)s1. The Kier molecular flexibility index (Phi) is 4.14. The molecule has 0 unspecified atom stereocenters. The molecular weight excluding hydrogens is 248 g/mol. The number of Topliss-reactive ketones (excluding diaryl/α,β-unsaturated/α-hetero) is 1. The van der Waals surface area contributed by atoms with Gasteiger partial charge in [-0.2, -0.15) is 0 Å². The highest BCUT2D eigenvalue weighted by molar-refractivity contribution is 7.12. The molecule has 1 aromatic rings. The summed E-state index contributed by atoms with van der Waals surface area (Å²) in [6, 6.07) is 1.94. The molecule has 0 atom stereocenters. The molecule has 0 aliphatic carbocycles. The van der Waals surface area contributed by atoms with E-state index in [0.717, 1.165) is 28.3 Å². The van der Waals surface area contributed by atoms with E-state index in [9.17, 15) is 9.59 Å². The van der Waals surface area contributed by atoms with Crippen LogP contribution < -0.4 is 5.32 Å². The van der Waals surface area contributed by atoms with Crippen molar-refractivity contribution in [2.45, 2.75) is 20.3 Å². The first-order valence-electron chi connectivity index (χ1n) is 6.15. The molecule has 98 valence electrons. The molecule has 0 aromatic carbocycles. The first kappa shape index (κ1) is 13.2. The molecule has 0 radical (unpaired) electrons. The van der Waals surface area contributed by atoms with Gasteiger partial charge >= 0.3 is 0 Å². The van der Waals surface area contributed by atoms with Gasteiger partial charge in [0, 0.05) is 28.4 Å². The van der Waals surface area contributed by atoms with E-state index in [2.05, 4.69) is 5.32 Å². The van der Waals surface area contributed by atoms with Crippen molar-refractivity contribution in [3.63, 3.8) is 0 Å². The lowest BCUT2D eigenvalue weighted by Crippen LogP contribution is -2.36. The fourth-order valence-corrected chi connectivity index (χ4v) is 3.14. The summed E-state index contributed by atoms with van der Waals surface area (Å²) >= 11 is 1.65. The summed E-state index contributed by atoms with van der Waals surface area (Å²) in [6.07, 6.45) is 0.903. The van der Waals surface area contributed by atoms with Crippen LogP contribution in [0, 0.1) is 13.8 Å². The molecule has 0 spiro atoms. The second-order valence-electron chi connectivity index (χ2n) is 4.66. The van der Waals surface area contributed by atoms with Crippen LogP contribution in [0.25, 0.3) is 0 Å². The van der Waals surface area contributed by atoms with Crippen molar-refractivity contribution in [3.8, 4) is 0 Å². The number of nitrogens with zero attached hydrogens (tertiary/aromatic N) is 1. The molecule has 1 aliphatic rings. The van der Waals surface area contributed by atoms with Gasteiger partial charge in [0.1, 0.15) is 0 Å². The number of ketones is 1. The normalized spacial score (nSPS) is 17.3. The number of nitrogens with one attached hydrogen (secondary N) is 1. The Morgan fingerprint density at radius 3 is 2.94 bits per heavy atom. The minimum atomic E-state index is 0.0125. The Morgan fingerprint density at radius 2 is 2.28 bits per heavy atom. The van der Waals surface area contributed by atoms with Gasteiger partial charge in [0.25, 0.3) is 0 Å². The molecule has 1 aliphatic heterocycles. The summed E-state index contributed by atoms with van der Waals surface area (Å²) in [7, 11) is 0. The number of amides is 1. The number of aryl methyl sites for hydroxylation is 2. The zero-order valence-electron chi connectivity index (χ0n) is 10.8. The van der Waals surface area contributed by atoms with Crippen molar-refractivity contribution in [2.24, 2.45) is 0 Å². The van der Waals surface area contributed by atoms with Crippen LogP contribution in [0.2, 0.25) is 0 Å². The third kappa shape index (κ3) is 3.17. The third-order valence-corrected chi connectivity index (χ3v) is 4.02. The average molecular weight is 266 g/mol. The monoisotopic (exact) mass is 266 g/mol. The lowest BCUT2D eigenvalue weighted by Gasteiger charge is -2.17. The topological polar surface area (TPSA) is 49.4 Å². The summed E-state index contributed by atoms with van der Waals surface area (Å²) in [5.74, 6) is 0.130. The highest BCUT2D eigenvalue weighted by Gasteiger charge is 2.19. The number of carbonyl (C=O) groups is 2. The van der Waals surface area contributed by atoms with Gasteiger partial charge in [-0.05, 0) is 26.3 Å². The van der Waals surface area contributed by atoms with Crippen LogP contribution in [0.15, 0.2) is 6.07 Å². The van der Waals surface area contributed by atoms with E-state index in [4.69, 9.17) is 0 Å². The van der Waals surface area contributed by atoms with Crippen LogP contribution in [0.4, 0.5) is 0 Å². The molecule has 2 heterocycles. The second kappa shape index (κ2) is 5.63. The van der Waals surface area contributed by atoms with E-state index in [1.54, 1.807) is 11.3 Å². The van der Waals surface area contributed by atoms with E-state index in [-0.39, 0.29) is 11.7 Å². The van der Waals surface area contributed by atoms with E-state index in [1.807, 2.05) is 24.8 Å². The maximum absolute atomic E-state index is 12.2. The number of rotatable bonds is 3. The van der Waals surface area contributed by atoms with Gasteiger partial charge in [-0.3, -0.25) is 14.5 Å². The predicted octanol–water partition coefficient (Wildman–Crippen LogP) is 1.37. The summed E-state index contributed by atoms with van der Waals surface area (Å²) in [6.45, 7) is 6.15. The maximum atomic E-state index is 12.2. The molecule has 1 amide bonds. The van der Waals surface area contributed by atoms with Crippen molar-refractivity contribution < 1.29 is 9.59 Å². The first-order chi connectivity index (χ1) is 8.56. The van der Waals surface area contributed by atoms with Crippen LogP contribution in [0.5, 0.6) is 0 Å². The van der Waals surface area contributed by atoms with E-state index >= 15 is 0 Å². The number of carbonyl (C=O) groups excluding carboxylic acids is 2. The van der Waals surface area contributed by atoms with Gasteiger partial charge < -0.3 is 5.32 Å². The average Bonchev–Trinajstić information content (AvgIpc) is 2.50. The van der Waals surface area contributed by atoms with Gasteiger partial charge in [0.05, 0.1) is 13.1 Å². The molecule has 1 fully saturated rings. The largest absolute Gasteiger partial charge is 0.355 e. The standard InChI is InChI=1S/C13H18N2O2S/c1-9-6-11(10(2)18-9)12(16)7-15-5-3-4-14-13(17)8-15/h6H,3-5,7-8H2,1-2H3,(H,14,17). The van der Waals surface area contributed by atoms with Crippen molar-refractivity contribution in [2.75, 3.05) is 26.2 Å². The van der Waals surface area contributed by atoms with E-state index in [1.165, 1.54) is 0 Å². The lowest BCUT2D eigenvalue weighted by molar-refractivity contribution is -0.121. The summed E-state index contributed by atoms with van der Waals surface area (Å²) < 4.78 is 0. The third-order valence-electron chi connectivity index (χ3n) is 3.05. The Bertz CT molecular complexity index is 468. The van der Waals surface area contributed by atoms with Gasteiger partial charge in [-0.15, -0.1) is 11.3 Å². The van der Waals surface area contributed by atoms with Crippen LogP contribution in [-0.2, 0) is 4.79 Å². The molecular formula is C13H18N2O2S. The minimum Gasteiger partial charge on any atom is -0.355 e. The smallest absolute Gasteiger partial charge is 0.234 e. The lowest BCUT2D eigenvalue weighted by atomic mass is 10.1. The fourth-order valence-electron chi connectivity index (χ4n) is 2.20. The second-order valence-corrected chi connectivity index (χ2v) is 6.12. The first-order valence-corrected chi connectivity index (χ1v) is 6.97. The molecule has 1 N–H and O–H groups in total. The van der Waals surface area contributed by atoms with Crippen LogP contribution in [0.3, 0.4) is 0 Å². The number of hydrogen-bond acceptors (Lipinski definition) is 4. The van der Waals surface area contributed by atoms with Gasteiger partial charge in [-0.1, -0.05) is 0 Å². The molecule has 4 nitrogen and oxygen atoms in total. The highest BCUT2D eigenvalue weighted by Crippen LogP contribution is 2.21. The molecule has 1 aromatic heterocycles. The van der Waals surface area contributed by atoms with Gasteiger partial charge in [0.15, 0.2) is 5.78 Å². The van der Waals surface area contributed by atoms with Crippen LogP contribution in [0.1, 0.15) is 26.5 Å². The molecule has 1 saturated heterocycles. The molecule has 18 heavy (non-hydrogen) atoms. The zero-order chi connectivity index (χ0) is 13.1. The van der Waals surface area contributed by atoms with Crippen LogP contribution >= 0.6 is 11.3 Å². The Balaban J connectivity index is 2.02. The Morgan fingerprint density at radius 1 is 1.50 bits per heavy atom. The zero-order valence-corrected chi connectivity index (χ0v) is 11.6. The predicted molar refractivity (Wildman–Crippen MR) is 72.2 cm³/mol. The number of thiophene rings is 1. The maximum Gasteiger partial charge on any atom is 0.234 e. The fraction of sp³-hybridized carbons (Fsp3) is 0.538. The highest BCUT2D eigenvalue weighted by atomic mass is 32.1. The van der Waals surface area contributed by atoms with Crippen molar-refractivity contribution in [3.05, 3.63) is 21.4 Å². The molecule has 0 saturated carbocycles. The van der Waals surface area contributed by atoms with Crippen molar-refractivity contribution >= 4 is 23.0 Å². The van der Waals surface area contributed by atoms with E-state index < -0.39 is 0 Å². The van der Waals surface area contributed by atoms with Crippen LogP contribution in [-0.4, -0.2) is 42.8 Å². The quantitative estimate of drug-likeness (QED) is 0.841. The summed E-state index contributed by atoms with van der Waals surface area (Å²) in [5.41, 5.74) is 0.808. The Hall–Kier alpha value is -1.20. The van der Waals surface area contributed by atoms with Crippen molar-refractivity contribution in [1.29, 1.82) is 0 Å². The summed E-state index contributed by atoms with van der Waals surface area (Å²) in [5, 5.41) is 2.81. The Labute approximate surface area is 111 Å². The molecule has 2 rings (SSSR count). The summed E-state index contributed by atoms with van der Waals surface area (Å²) in [4.78, 5) is 27.8. The minimum absolute atomic E-state index is 0.0125. The van der Waals surface area contributed by atoms with Gasteiger partial charge in [-0.25, -0.2) is 0 Å². The van der Waals surface area contributed by atoms with Gasteiger partial charge in [0.2, 0.25) is 5.91 Å². The molecule has 5 heteroatoms. The van der Waals surface area contributed by atoms with E-state index in [0.29, 0.717) is 19.6 Å². The van der Waals surface area contributed by atoms with Crippen molar-refractivity contribution in [1.82, 2.24) is 10.2 Å².